The van der Waals surface area contributed by atoms with Crippen molar-refractivity contribution in [2.75, 3.05) is 18.5 Å². The molecule has 1 aromatic heterocycles. The molecule has 5 heteroatoms. The number of pyridine rings is 1. The minimum absolute atomic E-state index is 0.227. The van der Waals surface area contributed by atoms with Gasteiger partial charge in [-0.3, -0.25) is 0 Å². The van der Waals surface area contributed by atoms with Gasteiger partial charge in [-0.25, -0.2) is 4.98 Å². The molecule has 0 radical (unpaired) electrons. The van der Waals surface area contributed by atoms with Gasteiger partial charge in [0.1, 0.15) is 24.2 Å². The van der Waals surface area contributed by atoms with Crippen molar-refractivity contribution in [2.45, 2.75) is 25.5 Å². The number of anilines is 1. The predicted molar refractivity (Wildman–Crippen MR) is 87.2 cm³/mol. The molecule has 2 heterocycles. The highest BCUT2D eigenvalue weighted by Gasteiger charge is 2.15. The van der Waals surface area contributed by atoms with E-state index < -0.39 is 0 Å². The molecule has 23 heavy (non-hydrogen) atoms. The number of ether oxygens (including phenoxy) is 2. The van der Waals surface area contributed by atoms with E-state index in [4.69, 9.17) is 14.7 Å². The lowest BCUT2D eigenvalue weighted by Crippen LogP contribution is -2.16. The first-order valence-corrected chi connectivity index (χ1v) is 7.77. The van der Waals surface area contributed by atoms with E-state index >= 15 is 0 Å². The Labute approximate surface area is 135 Å². The number of hydrogen-bond acceptors (Lipinski definition) is 5. The molecular formula is C18H19N3O2. The Balaban J connectivity index is 1.52. The number of hydrogen-bond donors (Lipinski definition) is 1. The minimum Gasteiger partial charge on any atom is -0.491 e. The fourth-order valence-electron chi connectivity index (χ4n) is 2.49. The predicted octanol–water partition coefficient (Wildman–Crippen LogP) is 3.12. The molecule has 0 aliphatic carbocycles. The van der Waals surface area contributed by atoms with Crippen molar-refractivity contribution in [1.29, 1.82) is 5.26 Å². The van der Waals surface area contributed by atoms with Gasteiger partial charge in [0, 0.05) is 19.3 Å². The molecule has 1 fully saturated rings. The summed E-state index contributed by atoms with van der Waals surface area (Å²) in [6, 6.07) is 13.6. The van der Waals surface area contributed by atoms with Gasteiger partial charge in [0.05, 0.1) is 11.7 Å². The average Bonchev–Trinajstić information content (AvgIpc) is 3.13. The molecule has 1 atom stereocenters. The van der Waals surface area contributed by atoms with Crippen LogP contribution in [0.15, 0.2) is 42.6 Å². The Morgan fingerprint density at radius 2 is 2.17 bits per heavy atom. The molecule has 1 aliphatic rings. The van der Waals surface area contributed by atoms with Crippen LogP contribution in [0.2, 0.25) is 0 Å². The highest BCUT2D eigenvalue weighted by atomic mass is 16.5. The Kier molecular flexibility index (Phi) is 5.07. The zero-order valence-corrected chi connectivity index (χ0v) is 12.9. The smallest absolute Gasteiger partial charge is 0.144 e. The van der Waals surface area contributed by atoms with Crippen molar-refractivity contribution in [3.05, 3.63) is 53.7 Å². The lowest BCUT2D eigenvalue weighted by molar-refractivity contribution is 0.0679. The molecule has 0 amide bonds. The van der Waals surface area contributed by atoms with Crippen LogP contribution < -0.4 is 10.1 Å². The summed E-state index contributed by atoms with van der Waals surface area (Å²) < 4.78 is 11.3. The van der Waals surface area contributed by atoms with Gasteiger partial charge < -0.3 is 14.8 Å². The van der Waals surface area contributed by atoms with E-state index in [-0.39, 0.29) is 6.10 Å². The van der Waals surface area contributed by atoms with E-state index in [1.54, 1.807) is 18.3 Å². The highest BCUT2D eigenvalue weighted by Crippen LogP contribution is 2.17. The summed E-state index contributed by atoms with van der Waals surface area (Å²) in [7, 11) is 0. The second-order valence-corrected chi connectivity index (χ2v) is 5.45. The molecule has 5 nitrogen and oxygen atoms in total. The van der Waals surface area contributed by atoms with E-state index in [2.05, 4.69) is 16.4 Å². The Morgan fingerprint density at radius 1 is 1.30 bits per heavy atom. The van der Waals surface area contributed by atoms with Crippen LogP contribution in [0.4, 0.5) is 5.82 Å². The molecule has 1 saturated heterocycles. The maximum Gasteiger partial charge on any atom is 0.144 e. The number of aromatic nitrogens is 1. The number of benzene rings is 1. The normalized spacial score (nSPS) is 16.7. The van der Waals surface area contributed by atoms with Crippen LogP contribution in [0.1, 0.15) is 24.0 Å². The van der Waals surface area contributed by atoms with Crippen molar-refractivity contribution in [3.8, 4) is 11.8 Å². The summed E-state index contributed by atoms with van der Waals surface area (Å²) in [5.41, 5.74) is 1.65. The molecule has 118 valence electrons. The van der Waals surface area contributed by atoms with E-state index in [0.29, 0.717) is 24.5 Å². The van der Waals surface area contributed by atoms with E-state index in [9.17, 15) is 0 Å². The molecule has 0 spiro atoms. The summed E-state index contributed by atoms with van der Waals surface area (Å²) in [6.45, 7) is 2.06. The molecule has 0 bridgehead atoms. The second kappa shape index (κ2) is 7.61. The fourth-order valence-corrected chi connectivity index (χ4v) is 2.49. The summed E-state index contributed by atoms with van der Waals surface area (Å²) in [6.07, 6.45) is 4.10. The third-order valence-electron chi connectivity index (χ3n) is 3.77. The largest absolute Gasteiger partial charge is 0.491 e. The van der Waals surface area contributed by atoms with Gasteiger partial charge in [0.15, 0.2) is 0 Å². The maximum absolute atomic E-state index is 9.04. The summed E-state index contributed by atoms with van der Waals surface area (Å²) in [5.74, 6) is 1.45. The van der Waals surface area contributed by atoms with E-state index in [1.807, 2.05) is 24.3 Å². The monoisotopic (exact) mass is 309 g/mol. The van der Waals surface area contributed by atoms with Crippen molar-refractivity contribution in [1.82, 2.24) is 4.98 Å². The minimum atomic E-state index is 0.227. The van der Waals surface area contributed by atoms with Gasteiger partial charge >= 0.3 is 0 Å². The van der Waals surface area contributed by atoms with Crippen LogP contribution in [-0.2, 0) is 11.3 Å². The summed E-state index contributed by atoms with van der Waals surface area (Å²) in [4.78, 5) is 4.18. The Morgan fingerprint density at radius 3 is 2.91 bits per heavy atom. The van der Waals surface area contributed by atoms with Crippen LogP contribution in [-0.4, -0.2) is 24.3 Å². The lowest BCUT2D eigenvalue weighted by Gasteiger charge is -2.12. The van der Waals surface area contributed by atoms with Crippen molar-refractivity contribution < 1.29 is 9.47 Å². The quantitative estimate of drug-likeness (QED) is 0.888. The number of nitrogens with one attached hydrogen (secondary N) is 1. The second-order valence-electron chi connectivity index (χ2n) is 5.45. The SMILES string of the molecule is N#Cc1cccnc1NCc1ccc(OC[C@H]2CCCO2)cc1. The molecule has 2 aromatic rings. The maximum atomic E-state index is 9.04. The summed E-state index contributed by atoms with van der Waals surface area (Å²) >= 11 is 0. The van der Waals surface area contributed by atoms with E-state index in [0.717, 1.165) is 30.8 Å². The zero-order chi connectivity index (χ0) is 15.9. The fraction of sp³-hybridized carbons (Fsp3) is 0.333. The lowest BCUT2D eigenvalue weighted by atomic mass is 10.2. The molecule has 1 aromatic carbocycles. The van der Waals surface area contributed by atoms with Crippen LogP contribution in [0.3, 0.4) is 0 Å². The molecule has 0 saturated carbocycles. The first-order valence-electron chi connectivity index (χ1n) is 7.77. The van der Waals surface area contributed by atoms with E-state index in [1.165, 1.54) is 0 Å². The molecular weight excluding hydrogens is 290 g/mol. The highest BCUT2D eigenvalue weighted by molar-refractivity contribution is 5.51. The standard InChI is InChI=1S/C18H19N3O2/c19-11-15-3-1-9-20-18(15)21-12-14-5-7-16(8-6-14)23-13-17-4-2-10-22-17/h1,3,5-9,17H,2,4,10,12-13H2,(H,20,21)/t17-/m1/s1. The first kappa shape index (κ1) is 15.3. The Hall–Kier alpha value is -2.58. The summed E-state index contributed by atoms with van der Waals surface area (Å²) in [5, 5.41) is 12.2. The van der Waals surface area contributed by atoms with Gasteiger partial charge in [-0.1, -0.05) is 12.1 Å². The van der Waals surface area contributed by atoms with Gasteiger partial charge in [0.2, 0.25) is 0 Å². The zero-order valence-electron chi connectivity index (χ0n) is 12.9. The van der Waals surface area contributed by atoms with Gasteiger partial charge in [-0.15, -0.1) is 0 Å². The van der Waals surface area contributed by atoms with Crippen LogP contribution in [0.25, 0.3) is 0 Å². The van der Waals surface area contributed by atoms with Gasteiger partial charge in [-0.05, 0) is 42.7 Å². The molecule has 0 unspecified atom stereocenters. The molecule has 1 aliphatic heterocycles. The first-order chi connectivity index (χ1) is 11.3. The van der Waals surface area contributed by atoms with Crippen molar-refractivity contribution in [3.63, 3.8) is 0 Å². The van der Waals surface area contributed by atoms with Gasteiger partial charge in [-0.2, -0.15) is 5.26 Å². The molecule has 1 N–H and O–H groups in total. The van der Waals surface area contributed by atoms with Gasteiger partial charge in [0.25, 0.3) is 0 Å². The van der Waals surface area contributed by atoms with Crippen LogP contribution in [0, 0.1) is 11.3 Å². The third kappa shape index (κ3) is 4.21. The van der Waals surface area contributed by atoms with Crippen molar-refractivity contribution in [2.24, 2.45) is 0 Å². The number of nitriles is 1. The molecule has 3 rings (SSSR count). The number of nitrogens with zero attached hydrogens (tertiary/aromatic N) is 2. The van der Waals surface area contributed by atoms with Crippen molar-refractivity contribution >= 4 is 5.82 Å². The third-order valence-corrected chi connectivity index (χ3v) is 3.77. The van der Waals surface area contributed by atoms with Crippen LogP contribution in [0.5, 0.6) is 5.75 Å². The topological polar surface area (TPSA) is 67.2 Å². The number of rotatable bonds is 6. The van der Waals surface area contributed by atoms with Crippen LogP contribution >= 0.6 is 0 Å². The average molecular weight is 309 g/mol. The Bertz CT molecular complexity index is 673.